The van der Waals surface area contributed by atoms with Gasteiger partial charge in [0.1, 0.15) is 5.82 Å². The molecule has 1 amide bonds. The van der Waals surface area contributed by atoms with Gasteiger partial charge in [0.05, 0.1) is 18.6 Å². The van der Waals surface area contributed by atoms with Gasteiger partial charge in [0.15, 0.2) is 0 Å². The number of piperidine rings is 1. The third-order valence-corrected chi connectivity index (χ3v) is 4.75. The number of aliphatic hydroxyl groups excluding tert-OH is 1. The number of nitrogens with zero attached hydrogens (tertiary/aromatic N) is 4. The summed E-state index contributed by atoms with van der Waals surface area (Å²) >= 11 is 3.33. The highest BCUT2D eigenvalue weighted by molar-refractivity contribution is 9.10. The predicted octanol–water partition coefficient (Wildman–Crippen LogP) is 1.75. The van der Waals surface area contributed by atoms with Crippen LogP contribution in [0.5, 0.6) is 0 Å². The van der Waals surface area contributed by atoms with Crippen molar-refractivity contribution < 1.29 is 9.90 Å². The van der Waals surface area contributed by atoms with Crippen molar-refractivity contribution in [2.75, 3.05) is 25.0 Å². The maximum Gasteiger partial charge on any atom is 0.229 e. The minimum Gasteiger partial charge on any atom is -0.390 e. The average Bonchev–Trinajstić information content (AvgIpc) is 3.10. The van der Waals surface area contributed by atoms with Gasteiger partial charge in [-0.3, -0.25) is 14.4 Å². The first-order valence-corrected chi connectivity index (χ1v) is 9.20. The first kappa shape index (κ1) is 18.0. The zero-order valence-electron chi connectivity index (χ0n) is 13.9. The molecule has 1 aliphatic heterocycles. The van der Waals surface area contributed by atoms with Crippen LogP contribution in [0.1, 0.15) is 12.8 Å². The lowest BCUT2D eigenvalue weighted by molar-refractivity contribution is -0.121. The first-order chi connectivity index (χ1) is 12.1. The Morgan fingerprint density at radius 1 is 1.44 bits per heavy atom. The van der Waals surface area contributed by atoms with Crippen LogP contribution in [0, 0.1) is 5.92 Å². The van der Waals surface area contributed by atoms with Crippen molar-refractivity contribution in [1.29, 1.82) is 0 Å². The third kappa shape index (κ3) is 5.35. The van der Waals surface area contributed by atoms with Gasteiger partial charge in [0.2, 0.25) is 5.91 Å². The van der Waals surface area contributed by atoms with Gasteiger partial charge in [-0.2, -0.15) is 5.10 Å². The maximum absolute atomic E-state index is 12.5. The number of carbonyl (C=O) groups is 1. The molecule has 1 fully saturated rings. The van der Waals surface area contributed by atoms with E-state index in [0.29, 0.717) is 25.5 Å². The quantitative estimate of drug-likeness (QED) is 0.761. The number of β-amino-alcohol motifs (C(OH)–C–C–N with tert-alkyl or cyclic N) is 1. The summed E-state index contributed by atoms with van der Waals surface area (Å²) in [6.07, 6.45) is 6.49. The van der Waals surface area contributed by atoms with E-state index < -0.39 is 6.10 Å². The number of amides is 1. The lowest BCUT2D eigenvalue weighted by atomic mass is 9.97. The Labute approximate surface area is 155 Å². The van der Waals surface area contributed by atoms with Gasteiger partial charge in [0.25, 0.3) is 0 Å². The maximum atomic E-state index is 12.5. The average molecular weight is 408 g/mol. The largest absolute Gasteiger partial charge is 0.390 e. The van der Waals surface area contributed by atoms with Gasteiger partial charge in [-0.05, 0) is 53.5 Å². The molecule has 2 aromatic heterocycles. The molecule has 25 heavy (non-hydrogen) atoms. The molecule has 2 atom stereocenters. The number of hydrogen-bond donors (Lipinski definition) is 2. The fourth-order valence-electron chi connectivity index (χ4n) is 3.09. The van der Waals surface area contributed by atoms with Crippen molar-refractivity contribution in [3.63, 3.8) is 0 Å². The monoisotopic (exact) mass is 407 g/mol. The Bertz CT molecular complexity index is 677. The molecule has 2 unspecified atom stereocenters. The van der Waals surface area contributed by atoms with Gasteiger partial charge in [-0.15, -0.1) is 0 Å². The van der Waals surface area contributed by atoms with Gasteiger partial charge >= 0.3 is 0 Å². The number of hydrogen-bond acceptors (Lipinski definition) is 5. The highest BCUT2D eigenvalue weighted by Gasteiger charge is 2.27. The van der Waals surface area contributed by atoms with Crippen LogP contribution in [0.3, 0.4) is 0 Å². The number of aliphatic hydroxyl groups is 1. The number of anilines is 1. The van der Waals surface area contributed by atoms with Crippen LogP contribution in [-0.4, -0.2) is 56.4 Å². The Kier molecular flexibility index (Phi) is 6.17. The SMILES string of the molecule is O=C(Nc1ccc(Br)cn1)C1CCCN(CC(O)Cn2cccn2)C1. The summed E-state index contributed by atoms with van der Waals surface area (Å²) in [5, 5.41) is 17.2. The molecule has 0 bridgehead atoms. The van der Waals surface area contributed by atoms with E-state index in [2.05, 4.69) is 36.2 Å². The van der Waals surface area contributed by atoms with Gasteiger partial charge < -0.3 is 10.4 Å². The van der Waals surface area contributed by atoms with Crippen molar-refractivity contribution in [1.82, 2.24) is 19.7 Å². The predicted molar refractivity (Wildman–Crippen MR) is 98.0 cm³/mol. The second-order valence-electron chi connectivity index (χ2n) is 6.33. The standard InChI is InChI=1S/C17H22BrN5O2/c18-14-4-5-16(19-9-14)21-17(25)13-3-1-7-22(10-13)11-15(24)12-23-8-2-6-20-23/h2,4-6,8-9,13,15,24H,1,3,7,10-12H2,(H,19,21,25). The van der Waals surface area contributed by atoms with E-state index in [0.717, 1.165) is 23.9 Å². The first-order valence-electron chi connectivity index (χ1n) is 8.40. The molecule has 2 N–H and O–H groups in total. The van der Waals surface area contributed by atoms with Gasteiger partial charge in [-0.25, -0.2) is 4.98 Å². The number of aromatic nitrogens is 3. The zero-order chi connectivity index (χ0) is 17.6. The second-order valence-corrected chi connectivity index (χ2v) is 7.25. The number of nitrogens with one attached hydrogen (secondary N) is 1. The van der Waals surface area contributed by atoms with E-state index in [-0.39, 0.29) is 11.8 Å². The molecule has 0 spiro atoms. The van der Waals surface area contributed by atoms with E-state index in [1.165, 1.54) is 0 Å². The summed E-state index contributed by atoms with van der Waals surface area (Å²) in [7, 11) is 0. The highest BCUT2D eigenvalue weighted by atomic mass is 79.9. The number of pyridine rings is 1. The number of halogens is 1. The number of likely N-dealkylation sites (tertiary alicyclic amines) is 1. The van der Waals surface area contributed by atoms with Crippen molar-refractivity contribution in [3.05, 3.63) is 41.3 Å². The van der Waals surface area contributed by atoms with Crippen molar-refractivity contribution >= 4 is 27.7 Å². The smallest absolute Gasteiger partial charge is 0.229 e. The van der Waals surface area contributed by atoms with E-state index in [4.69, 9.17) is 0 Å². The molecule has 0 radical (unpaired) electrons. The molecule has 3 heterocycles. The van der Waals surface area contributed by atoms with Crippen LogP contribution in [0.4, 0.5) is 5.82 Å². The van der Waals surface area contributed by atoms with Crippen LogP contribution in [-0.2, 0) is 11.3 Å². The molecule has 3 rings (SSSR count). The Morgan fingerprint density at radius 3 is 3.04 bits per heavy atom. The number of rotatable bonds is 6. The lowest BCUT2D eigenvalue weighted by Gasteiger charge is -2.33. The molecule has 1 aliphatic rings. The molecule has 134 valence electrons. The van der Waals surface area contributed by atoms with Crippen LogP contribution >= 0.6 is 15.9 Å². The Balaban J connectivity index is 1.49. The molecule has 8 heteroatoms. The summed E-state index contributed by atoms with van der Waals surface area (Å²) in [5.74, 6) is 0.459. The Hall–Kier alpha value is -1.77. The molecule has 0 saturated carbocycles. The second kappa shape index (κ2) is 8.55. The topological polar surface area (TPSA) is 83.3 Å². The molecular formula is C17H22BrN5O2. The van der Waals surface area contributed by atoms with Crippen molar-refractivity contribution in [3.8, 4) is 0 Å². The highest BCUT2D eigenvalue weighted by Crippen LogP contribution is 2.19. The lowest BCUT2D eigenvalue weighted by Crippen LogP contribution is -2.44. The minimum atomic E-state index is -0.505. The van der Waals surface area contributed by atoms with Crippen molar-refractivity contribution in [2.24, 2.45) is 5.92 Å². The minimum absolute atomic E-state index is 0.0129. The van der Waals surface area contributed by atoms with Gasteiger partial charge in [-0.1, -0.05) is 0 Å². The van der Waals surface area contributed by atoms with Crippen LogP contribution in [0.25, 0.3) is 0 Å². The summed E-state index contributed by atoms with van der Waals surface area (Å²) in [4.78, 5) is 18.8. The van der Waals surface area contributed by atoms with Crippen LogP contribution < -0.4 is 5.32 Å². The third-order valence-electron chi connectivity index (χ3n) is 4.28. The number of carbonyl (C=O) groups excluding carboxylic acids is 1. The van der Waals surface area contributed by atoms with Crippen LogP contribution in [0.15, 0.2) is 41.3 Å². The molecular weight excluding hydrogens is 386 g/mol. The Morgan fingerprint density at radius 2 is 2.32 bits per heavy atom. The summed E-state index contributed by atoms with van der Waals surface area (Å²) in [6, 6.07) is 5.46. The van der Waals surface area contributed by atoms with E-state index in [1.54, 1.807) is 23.1 Å². The molecule has 7 nitrogen and oxygen atoms in total. The fourth-order valence-corrected chi connectivity index (χ4v) is 3.33. The van der Waals surface area contributed by atoms with Crippen LogP contribution in [0.2, 0.25) is 0 Å². The molecule has 0 aliphatic carbocycles. The fraction of sp³-hybridized carbons (Fsp3) is 0.471. The summed E-state index contributed by atoms with van der Waals surface area (Å²) < 4.78 is 2.60. The normalized spacial score (nSPS) is 19.5. The zero-order valence-corrected chi connectivity index (χ0v) is 15.5. The summed E-state index contributed by atoms with van der Waals surface area (Å²) in [5.41, 5.74) is 0. The molecule has 2 aromatic rings. The molecule has 1 saturated heterocycles. The van der Waals surface area contributed by atoms with Crippen molar-refractivity contribution in [2.45, 2.75) is 25.5 Å². The van der Waals surface area contributed by atoms with E-state index >= 15 is 0 Å². The van der Waals surface area contributed by atoms with E-state index in [9.17, 15) is 9.90 Å². The van der Waals surface area contributed by atoms with E-state index in [1.807, 2.05) is 18.3 Å². The van der Waals surface area contributed by atoms with Gasteiger partial charge in [0, 0.05) is 36.2 Å². The summed E-state index contributed by atoms with van der Waals surface area (Å²) in [6.45, 7) is 2.55. The molecule has 0 aromatic carbocycles.